The van der Waals surface area contributed by atoms with Gasteiger partial charge in [-0.25, -0.2) is 0 Å². The van der Waals surface area contributed by atoms with Gasteiger partial charge in [-0.2, -0.15) is 0 Å². The van der Waals surface area contributed by atoms with Gasteiger partial charge in [0.25, 0.3) is 0 Å². The van der Waals surface area contributed by atoms with Crippen LogP contribution in [0.15, 0.2) is 0 Å². The van der Waals surface area contributed by atoms with Gasteiger partial charge in [0.2, 0.25) is 0 Å². The summed E-state index contributed by atoms with van der Waals surface area (Å²) in [6.07, 6.45) is 7.17. The Bertz CT molecular complexity index is 360. The zero-order valence-electron chi connectivity index (χ0n) is 14.0. The van der Waals surface area contributed by atoms with E-state index in [0.717, 1.165) is 5.92 Å². The van der Waals surface area contributed by atoms with E-state index in [4.69, 9.17) is 4.74 Å². The van der Waals surface area contributed by atoms with E-state index in [1.54, 1.807) is 0 Å². The predicted molar refractivity (Wildman–Crippen MR) is 82.4 cm³/mol. The molecule has 20 heavy (non-hydrogen) atoms. The number of hydrogen-bond donors (Lipinski definition) is 0. The lowest BCUT2D eigenvalue weighted by Gasteiger charge is -2.59. The van der Waals surface area contributed by atoms with Crippen LogP contribution in [-0.4, -0.2) is 12.6 Å². The SMILES string of the molecule is CCOC(=O)CC1C(C)CCC2C(C)(C)CCCC12C. The Balaban J connectivity index is 2.22. The predicted octanol–water partition coefficient (Wildman–Crippen LogP) is 4.82. The Morgan fingerprint density at radius 1 is 1.20 bits per heavy atom. The van der Waals surface area contributed by atoms with E-state index < -0.39 is 0 Å². The minimum atomic E-state index is 0.00889. The summed E-state index contributed by atoms with van der Waals surface area (Å²) >= 11 is 0. The summed E-state index contributed by atoms with van der Waals surface area (Å²) in [4.78, 5) is 12.0. The van der Waals surface area contributed by atoms with Crippen LogP contribution in [0.5, 0.6) is 0 Å². The van der Waals surface area contributed by atoms with Crippen LogP contribution in [0.1, 0.15) is 73.1 Å². The first-order chi connectivity index (χ1) is 9.31. The summed E-state index contributed by atoms with van der Waals surface area (Å²) < 4.78 is 5.23. The van der Waals surface area contributed by atoms with E-state index in [1.807, 2.05) is 6.92 Å². The van der Waals surface area contributed by atoms with Crippen LogP contribution < -0.4 is 0 Å². The van der Waals surface area contributed by atoms with Crippen LogP contribution in [0.2, 0.25) is 0 Å². The molecule has 0 aromatic carbocycles. The van der Waals surface area contributed by atoms with Crippen LogP contribution in [0.3, 0.4) is 0 Å². The standard InChI is InChI=1S/C18H32O2/c1-6-20-16(19)12-14-13(2)8-9-15-17(3,4)10-7-11-18(14,15)5/h13-15H,6-12H2,1-5H3. The highest BCUT2D eigenvalue weighted by atomic mass is 16.5. The van der Waals surface area contributed by atoms with Crippen molar-refractivity contribution in [3.63, 3.8) is 0 Å². The molecule has 4 atom stereocenters. The average Bonchev–Trinajstić information content (AvgIpc) is 2.33. The molecule has 2 rings (SSSR count). The minimum Gasteiger partial charge on any atom is -0.466 e. The van der Waals surface area contributed by atoms with Gasteiger partial charge in [0, 0.05) is 6.42 Å². The molecule has 0 aromatic rings. The third kappa shape index (κ3) is 2.76. The molecule has 0 bridgehead atoms. The fourth-order valence-electron chi connectivity index (χ4n) is 5.44. The quantitative estimate of drug-likeness (QED) is 0.693. The van der Waals surface area contributed by atoms with Crippen molar-refractivity contribution in [3.05, 3.63) is 0 Å². The number of carbonyl (C=O) groups is 1. The second-order valence-electron chi connectivity index (χ2n) is 8.07. The molecule has 2 nitrogen and oxygen atoms in total. The average molecular weight is 280 g/mol. The summed E-state index contributed by atoms with van der Waals surface area (Å²) in [5.74, 6) is 1.92. The lowest BCUT2D eigenvalue weighted by molar-refractivity contribution is -0.152. The van der Waals surface area contributed by atoms with Crippen molar-refractivity contribution in [2.45, 2.75) is 73.1 Å². The highest BCUT2D eigenvalue weighted by molar-refractivity contribution is 5.69. The molecular weight excluding hydrogens is 248 g/mol. The van der Waals surface area contributed by atoms with Crippen LogP contribution in [0, 0.1) is 28.6 Å². The normalized spacial score (nSPS) is 40.0. The number of carbonyl (C=O) groups excluding carboxylic acids is 1. The van der Waals surface area contributed by atoms with Crippen molar-refractivity contribution in [1.82, 2.24) is 0 Å². The lowest BCUT2D eigenvalue weighted by atomic mass is 9.46. The number of ether oxygens (including phenoxy) is 1. The lowest BCUT2D eigenvalue weighted by Crippen LogP contribution is -2.51. The summed E-state index contributed by atoms with van der Waals surface area (Å²) in [5, 5.41) is 0. The molecule has 2 fully saturated rings. The Hall–Kier alpha value is -0.530. The van der Waals surface area contributed by atoms with Crippen LogP contribution in [0.4, 0.5) is 0 Å². The van der Waals surface area contributed by atoms with Gasteiger partial charge in [0.05, 0.1) is 6.61 Å². The summed E-state index contributed by atoms with van der Waals surface area (Å²) in [6, 6.07) is 0. The van der Waals surface area contributed by atoms with Crippen molar-refractivity contribution in [2.75, 3.05) is 6.61 Å². The third-order valence-corrected chi connectivity index (χ3v) is 6.41. The second kappa shape index (κ2) is 5.69. The summed E-state index contributed by atoms with van der Waals surface area (Å²) in [5.41, 5.74) is 0.756. The molecule has 4 unspecified atom stereocenters. The highest BCUT2D eigenvalue weighted by Gasteiger charge is 2.54. The van der Waals surface area contributed by atoms with Gasteiger partial charge in [0.1, 0.15) is 0 Å². The molecule has 2 aliphatic carbocycles. The van der Waals surface area contributed by atoms with Gasteiger partial charge in [-0.15, -0.1) is 0 Å². The summed E-state index contributed by atoms with van der Waals surface area (Å²) in [6.45, 7) is 12.1. The molecule has 0 aliphatic heterocycles. The van der Waals surface area contributed by atoms with Crippen molar-refractivity contribution < 1.29 is 9.53 Å². The van der Waals surface area contributed by atoms with E-state index in [-0.39, 0.29) is 5.97 Å². The molecule has 0 heterocycles. The van der Waals surface area contributed by atoms with Gasteiger partial charge in [0.15, 0.2) is 0 Å². The van der Waals surface area contributed by atoms with E-state index in [9.17, 15) is 4.79 Å². The van der Waals surface area contributed by atoms with Gasteiger partial charge in [-0.3, -0.25) is 4.79 Å². The van der Waals surface area contributed by atoms with Crippen molar-refractivity contribution in [2.24, 2.45) is 28.6 Å². The Morgan fingerprint density at radius 3 is 2.55 bits per heavy atom. The Kier molecular flexibility index (Phi) is 4.51. The number of esters is 1. The van der Waals surface area contributed by atoms with Crippen LogP contribution >= 0.6 is 0 Å². The van der Waals surface area contributed by atoms with Crippen molar-refractivity contribution in [3.8, 4) is 0 Å². The molecule has 0 N–H and O–H groups in total. The number of fused-ring (bicyclic) bond motifs is 1. The summed E-state index contributed by atoms with van der Waals surface area (Å²) in [7, 11) is 0. The molecule has 2 heteroatoms. The molecule has 0 aromatic heterocycles. The van der Waals surface area contributed by atoms with E-state index >= 15 is 0 Å². The first-order valence-corrected chi connectivity index (χ1v) is 8.47. The molecule has 0 spiro atoms. The van der Waals surface area contributed by atoms with Gasteiger partial charge >= 0.3 is 5.97 Å². The molecule has 0 radical (unpaired) electrons. The fraction of sp³-hybridized carbons (Fsp3) is 0.944. The highest BCUT2D eigenvalue weighted by Crippen LogP contribution is 2.61. The second-order valence-corrected chi connectivity index (χ2v) is 8.07. The number of rotatable bonds is 3. The van der Waals surface area contributed by atoms with E-state index in [1.165, 1.54) is 32.1 Å². The topological polar surface area (TPSA) is 26.3 Å². The van der Waals surface area contributed by atoms with Crippen LogP contribution in [0.25, 0.3) is 0 Å². The molecule has 2 aliphatic rings. The Morgan fingerprint density at radius 2 is 1.90 bits per heavy atom. The van der Waals surface area contributed by atoms with Crippen molar-refractivity contribution in [1.29, 1.82) is 0 Å². The van der Waals surface area contributed by atoms with Gasteiger partial charge < -0.3 is 4.74 Å². The van der Waals surface area contributed by atoms with Crippen LogP contribution in [-0.2, 0) is 9.53 Å². The van der Waals surface area contributed by atoms with E-state index in [2.05, 4.69) is 27.7 Å². The maximum Gasteiger partial charge on any atom is 0.306 e. The van der Waals surface area contributed by atoms with E-state index in [0.29, 0.717) is 35.7 Å². The minimum absolute atomic E-state index is 0.00889. The van der Waals surface area contributed by atoms with Gasteiger partial charge in [-0.05, 0) is 54.8 Å². The zero-order chi connectivity index (χ0) is 15.0. The zero-order valence-corrected chi connectivity index (χ0v) is 14.0. The maximum atomic E-state index is 12.0. The fourth-order valence-corrected chi connectivity index (χ4v) is 5.44. The first-order valence-electron chi connectivity index (χ1n) is 8.47. The molecule has 0 amide bonds. The first kappa shape index (κ1) is 15.9. The van der Waals surface area contributed by atoms with Crippen molar-refractivity contribution >= 4 is 5.97 Å². The molecule has 2 saturated carbocycles. The monoisotopic (exact) mass is 280 g/mol. The maximum absolute atomic E-state index is 12.0. The number of hydrogen-bond acceptors (Lipinski definition) is 2. The molecule has 116 valence electrons. The smallest absolute Gasteiger partial charge is 0.306 e. The molecule has 0 saturated heterocycles. The largest absolute Gasteiger partial charge is 0.466 e. The van der Waals surface area contributed by atoms with Gasteiger partial charge in [-0.1, -0.05) is 40.5 Å². The Labute approximate surface area is 124 Å². The molecular formula is C18H32O2. The third-order valence-electron chi connectivity index (χ3n) is 6.41.